The second-order valence-electron chi connectivity index (χ2n) is 5.38. The molecule has 0 aromatic heterocycles. The maximum absolute atomic E-state index is 12.1. The molecule has 0 unspecified atom stereocenters. The Hall–Kier alpha value is -1.81. The molecule has 4 N–H and O–H groups in total. The van der Waals surface area contributed by atoms with Crippen LogP contribution in [0.1, 0.15) is 31.1 Å². The van der Waals surface area contributed by atoms with Crippen LogP contribution < -0.4 is 16.4 Å². The van der Waals surface area contributed by atoms with Gasteiger partial charge in [-0.3, -0.25) is 4.79 Å². The van der Waals surface area contributed by atoms with Crippen molar-refractivity contribution in [2.24, 2.45) is 5.73 Å². The maximum Gasteiger partial charge on any atom is 0.189 e. The summed E-state index contributed by atoms with van der Waals surface area (Å²) in [5.41, 5.74) is 6.03. The van der Waals surface area contributed by atoms with E-state index >= 15 is 0 Å². The molecule has 1 aromatic carbocycles. The lowest BCUT2D eigenvalue weighted by molar-refractivity contribution is 0.104. The number of nitrogens with one attached hydrogen (secondary N) is 2. The molecule has 0 radical (unpaired) electrons. The molecule has 19 heavy (non-hydrogen) atoms. The molecule has 0 aliphatic heterocycles. The minimum atomic E-state index is -0.121. The molecular weight excluding hydrogens is 238 g/mol. The fourth-order valence-electron chi connectivity index (χ4n) is 1.56. The first-order valence-corrected chi connectivity index (χ1v) is 6.45. The van der Waals surface area contributed by atoms with Crippen LogP contribution in [0.4, 0.5) is 0 Å². The zero-order chi connectivity index (χ0) is 14.3. The van der Waals surface area contributed by atoms with Crippen molar-refractivity contribution in [1.82, 2.24) is 10.6 Å². The van der Waals surface area contributed by atoms with Crippen molar-refractivity contribution in [2.45, 2.75) is 26.3 Å². The van der Waals surface area contributed by atoms with Crippen molar-refractivity contribution in [1.29, 1.82) is 0 Å². The quantitative estimate of drug-likeness (QED) is 0.538. The third-order valence-electron chi connectivity index (χ3n) is 2.30. The smallest absolute Gasteiger partial charge is 0.189 e. The average molecular weight is 261 g/mol. The van der Waals surface area contributed by atoms with E-state index in [4.69, 9.17) is 5.73 Å². The highest BCUT2D eigenvalue weighted by atomic mass is 16.1. The summed E-state index contributed by atoms with van der Waals surface area (Å²) >= 11 is 0. The van der Waals surface area contributed by atoms with E-state index in [9.17, 15) is 4.79 Å². The average Bonchev–Trinajstić information content (AvgIpc) is 2.35. The summed E-state index contributed by atoms with van der Waals surface area (Å²) in [6.45, 7) is 7.26. The molecule has 1 aromatic rings. The van der Waals surface area contributed by atoms with Gasteiger partial charge in [0, 0.05) is 30.3 Å². The van der Waals surface area contributed by atoms with Gasteiger partial charge in [-0.05, 0) is 20.8 Å². The first kappa shape index (κ1) is 15.2. The van der Waals surface area contributed by atoms with Crippen molar-refractivity contribution >= 4 is 5.78 Å². The Bertz CT molecular complexity index is 432. The highest BCUT2D eigenvalue weighted by Crippen LogP contribution is 2.05. The van der Waals surface area contributed by atoms with Crippen LogP contribution in [0.5, 0.6) is 0 Å². The van der Waals surface area contributed by atoms with E-state index in [0.717, 1.165) is 0 Å². The van der Waals surface area contributed by atoms with Gasteiger partial charge in [0.05, 0.1) is 0 Å². The Morgan fingerprint density at radius 3 is 2.42 bits per heavy atom. The summed E-state index contributed by atoms with van der Waals surface area (Å²) in [5, 5.41) is 6.40. The number of rotatable bonds is 6. The lowest BCUT2D eigenvalue weighted by Crippen LogP contribution is -2.41. The molecule has 104 valence electrons. The predicted molar refractivity (Wildman–Crippen MR) is 78.8 cm³/mol. The third-order valence-corrected chi connectivity index (χ3v) is 2.30. The molecule has 0 spiro atoms. The molecule has 0 aliphatic carbocycles. The van der Waals surface area contributed by atoms with Crippen LogP contribution in [0.2, 0.25) is 0 Å². The van der Waals surface area contributed by atoms with E-state index in [1.54, 1.807) is 18.2 Å². The fraction of sp³-hybridized carbons (Fsp3) is 0.400. The molecule has 4 heteroatoms. The molecular formula is C15H23N3O. The van der Waals surface area contributed by atoms with Crippen molar-refractivity contribution in [3.63, 3.8) is 0 Å². The first-order chi connectivity index (χ1) is 8.92. The molecule has 0 aliphatic rings. The summed E-state index contributed by atoms with van der Waals surface area (Å²) < 4.78 is 0. The summed E-state index contributed by atoms with van der Waals surface area (Å²) in [7, 11) is 0. The SMILES string of the molecule is CC(C)(C)N/C(=C/C(=O)c1ccccc1)NCCN. The van der Waals surface area contributed by atoms with Gasteiger partial charge in [0.1, 0.15) is 5.82 Å². The number of hydrogen-bond acceptors (Lipinski definition) is 4. The Kier molecular flexibility index (Phi) is 5.57. The topological polar surface area (TPSA) is 67.2 Å². The van der Waals surface area contributed by atoms with Gasteiger partial charge >= 0.3 is 0 Å². The molecule has 0 heterocycles. The van der Waals surface area contributed by atoms with Gasteiger partial charge in [-0.15, -0.1) is 0 Å². The number of carbonyl (C=O) groups is 1. The summed E-state index contributed by atoms with van der Waals surface area (Å²) in [5.74, 6) is 0.670. The number of allylic oxidation sites excluding steroid dienone is 1. The number of hydrogen-bond donors (Lipinski definition) is 3. The molecule has 0 saturated carbocycles. The van der Waals surface area contributed by atoms with Crippen LogP contribution in [0, 0.1) is 0 Å². The molecule has 0 saturated heterocycles. The van der Waals surface area contributed by atoms with Crippen LogP contribution in [0.3, 0.4) is 0 Å². The zero-order valence-corrected chi connectivity index (χ0v) is 11.9. The second kappa shape index (κ2) is 6.95. The molecule has 1 rings (SSSR count). The minimum Gasteiger partial charge on any atom is -0.371 e. The Balaban J connectivity index is 2.84. The van der Waals surface area contributed by atoms with Gasteiger partial charge in [-0.1, -0.05) is 30.3 Å². The second-order valence-corrected chi connectivity index (χ2v) is 5.38. The molecule has 4 nitrogen and oxygen atoms in total. The maximum atomic E-state index is 12.1. The summed E-state index contributed by atoms with van der Waals surface area (Å²) in [6, 6.07) is 9.20. The summed E-state index contributed by atoms with van der Waals surface area (Å²) in [4.78, 5) is 12.1. The zero-order valence-electron chi connectivity index (χ0n) is 11.9. The molecule has 0 amide bonds. The third kappa shape index (κ3) is 6.06. The van der Waals surface area contributed by atoms with Gasteiger partial charge in [-0.2, -0.15) is 0 Å². The normalized spacial score (nSPS) is 12.1. The lowest BCUT2D eigenvalue weighted by Gasteiger charge is -2.25. The Morgan fingerprint density at radius 1 is 1.26 bits per heavy atom. The number of nitrogens with two attached hydrogens (primary N) is 1. The van der Waals surface area contributed by atoms with Gasteiger partial charge < -0.3 is 16.4 Å². The van der Waals surface area contributed by atoms with E-state index in [1.165, 1.54) is 0 Å². The van der Waals surface area contributed by atoms with E-state index < -0.39 is 0 Å². The fourth-order valence-corrected chi connectivity index (χ4v) is 1.56. The van der Waals surface area contributed by atoms with Gasteiger partial charge in [0.25, 0.3) is 0 Å². The largest absolute Gasteiger partial charge is 0.371 e. The van der Waals surface area contributed by atoms with Crippen molar-refractivity contribution in [3.8, 4) is 0 Å². The van der Waals surface area contributed by atoms with Crippen LogP contribution in [0.15, 0.2) is 42.2 Å². The highest BCUT2D eigenvalue weighted by molar-refractivity contribution is 6.04. The highest BCUT2D eigenvalue weighted by Gasteiger charge is 2.12. The van der Waals surface area contributed by atoms with E-state index in [-0.39, 0.29) is 11.3 Å². The van der Waals surface area contributed by atoms with Crippen molar-refractivity contribution in [3.05, 3.63) is 47.8 Å². The van der Waals surface area contributed by atoms with Gasteiger partial charge in [0.2, 0.25) is 0 Å². The monoisotopic (exact) mass is 261 g/mol. The van der Waals surface area contributed by atoms with Gasteiger partial charge in [0.15, 0.2) is 5.78 Å². The van der Waals surface area contributed by atoms with Crippen LogP contribution >= 0.6 is 0 Å². The first-order valence-electron chi connectivity index (χ1n) is 6.45. The van der Waals surface area contributed by atoms with Crippen molar-refractivity contribution in [2.75, 3.05) is 13.1 Å². The Labute approximate surface area is 115 Å². The number of benzene rings is 1. The minimum absolute atomic E-state index is 0.0307. The number of ketones is 1. The van der Waals surface area contributed by atoms with Crippen LogP contribution in [-0.4, -0.2) is 24.4 Å². The predicted octanol–water partition coefficient (Wildman–Crippen LogP) is 1.65. The molecule has 0 fully saturated rings. The van der Waals surface area contributed by atoms with Crippen molar-refractivity contribution < 1.29 is 4.79 Å². The van der Waals surface area contributed by atoms with Crippen LogP contribution in [0.25, 0.3) is 0 Å². The van der Waals surface area contributed by atoms with E-state index in [2.05, 4.69) is 10.6 Å². The van der Waals surface area contributed by atoms with Gasteiger partial charge in [-0.25, -0.2) is 0 Å². The van der Waals surface area contributed by atoms with Crippen LogP contribution in [-0.2, 0) is 0 Å². The van der Waals surface area contributed by atoms with E-state index in [1.807, 2.05) is 39.0 Å². The molecule has 0 bridgehead atoms. The summed E-state index contributed by atoms with van der Waals surface area (Å²) in [6.07, 6.45) is 1.58. The Morgan fingerprint density at radius 2 is 1.89 bits per heavy atom. The lowest BCUT2D eigenvalue weighted by atomic mass is 10.1. The molecule has 0 atom stereocenters. The standard InChI is InChI=1S/C15H23N3O/c1-15(2,3)18-14(17-10-9-16)11-13(19)12-7-5-4-6-8-12/h4-8,11,17-18H,9-10,16H2,1-3H3/b14-11+. The van der Waals surface area contributed by atoms with E-state index in [0.29, 0.717) is 24.5 Å². The number of carbonyl (C=O) groups excluding carboxylic acids is 1.